The van der Waals surface area contributed by atoms with Gasteiger partial charge in [-0.2, -0.15) is 11.3 Å². The van der Waals surface area contributed by atoms with Gasteiger partial charge in [-0.15, -0.1) is 0 Å². The van der Waals surface area contributed by atoms with Crippen molar-refractivity contribution in [2.75, 3.05) is 40.5 Å². The number of thiophene rings is 1. The summed E-state index contributed by atoms with van der Waals surface area (Å²) in [6, 6.07) is 2.69. The van der Waals surface area contributed by atoms with Crippen LogP contribution in [-0.4, -0.2) is 51.5 Å². The first kappa shape index (κ1) is 15.6. The van der Waals surface area contributed by atoms with Crippen LogP contribution < -0.4 is 5.73 Å². The van der Waals surface area contributed by atoms with Gasteiger partial charge in [0.1, 0.15) is 0 Å². The number of ether oxygens (including phenoxy) is 2. The Kier molecular flexibility index (Phi) is 7.46. The summed E-state index contributed by atoms with van der Waals surface area (Å²) >= 11 is 1.70. The van der Waals surface area contributed by atoms with Gasteiger partial charge in [0.05, 0.1) is 13.2 Å². The standard InChI is InChI=1S/C13H24N2O2S/c1-11(9-17-3)15(5-6-16-2)13(8-14)12-4-7-18-10-12/h4,7,10-11,13H,5-6,8-9,14H2,1-3H3. The van der Waals surface area contributed by atoms with E-state index in [9.17, 15) is 0 Å². The Balaban J connectivity index is 2.78. The van der Waals surface area contributed by atoms with E-state index in [4.69, 9.17) is 15.2 Å². The summed E-state index contributed by atoms with van der Waals surface area (Å²) in [7, 11) is 3.45. The van der Waals surface area contributed by atoms with Gasteiger partial charge < -0.3 is 15.2 Å². The molecule has 1 aromatic heterocycles. The predicted octanol–water partition coefficient (Wildman–Crippen LogP) is 1.73. The second kappa shape index (κ2) is 8.61. The van der Waals surface area contributed by atoms with Gasteiger partial charge in [0.15, 0.2) is 0 Å². The molecule has 2 atom stereocenters. The van der Waals surface area contributed by atoms with Crippen LogP contribution in [0.4, 0.5) is 0 Å². The van der Waals surface area contributed by atoms with Crippen molar-refractivity contribution in [3.8, 4) is 0 Å². The van der Waals surface area contributed by atoms with Crippen molar-refractivity contribution in [2.24, 2.45) is 5.73 Å². The Morgan fingerprint density at radius 3 is 2.67 bits per heavy atom. The Bertz CT molecular complexity index is 306. The van der Waals surface area contributed by atoms with Crippen molar-refractivity contribution in [1.29, 1.82) is 0 Å². The van der Waals surface area contributed by atoms with Crippen molar-refractivity contribution >= 4 is 11.3 Å². The Morgan fingerprint density at radius 2 is 2.17 bits per heavy atom. The molecule has 1 rings (SSSR count). The van der Waals surface area contributed by atoms with Gasteiger partial charge in [-0.25, -0.2) is 0 Å². The molecule has 0 aliphatic rings. The minimum Gasteiger partial charge on any atom is -0.383 e. The van der Waals surface area contributed by atoms with Crippen molar-refractivity contribution in [1.82, 2.24) is 4.90 Å². The van der Waals surface area contributed by atoms with E-state index in [2.05, 4.69) is 28.7 Å². The third-order valence-corrected chi connectivity index (χ3v) is 3.78. The molecule has 0 amide bonds. The summed E-state index contributed by atoms with van der Waals surface area (Å²) in [5.41, 5.74) is 7.23. The molecule has 18 heavy (non-hydrogen) atoms. The highest BCUT2D eigenvalue weighted by atomic mass is 32.1. The lowest BCUT2D eigenvalue weighted by Gasteiger charge is -2.35. The minimum atomic E-state index is 0.233. The summed E-state index contributed by atoms with van der Waals surface area (Å²) in [6.45, 7) is 5.03. The second-order valence-electron chi connectivity index (χ2n) is 4.34. The number of methoxy groups -OCH3 is 2. The lowest BCUT2D eigenvalue weighted by Crippen LogP contribution is -2.43. The minimum absolute atomic E-state index is 0.233. The lowest BCUT2D eigenvalue weighted by atomic mass is 10.1. The van der Waals surface area contributed by atoms with Gasteiger partial charge in [-0.05, 0) is 29.3 Å². The van der Waals surface area contributed by atoms with Crippen molar-refractivity contribution in [3.63, 3.8) is 0 Å². The van der Waals surface area contributed by atoms with Gasteiger partial charge >= 0.3 is 0 Å². The van der Waals surface area contributed by atoms with Gasteiger partial charge in [-0.3, -0.25) is 4.90 Å². The molecule has 1 heterocycles. The van der Waals surface area contributed by atoms with Crippen LogP contribution in [-0.2, 0) is 9.47 Å². The van der Waals surface area contributed by atoms with Crippen LogP contribution in [0.3, 0.4) is 0 Å². The summed E-state index contributed by atoms with van der Waals surface area (Å²) < 4.78 is 10.4. The molecule has 0 fully saturated rings. The maximum absolute atomic E-state index is 5.95. The third kappa shape index (κ3) is 4.33. The molecule has 0 radical (unpaired) electrons. The van der Waals surface area contributed by atoms with E-state index in [1.54, 1.807) is 25.6 Å². The zero-order valence-corrected chi connectivity index (χ0v) is 12.3. The lowest BCUT2D eigenvalue weighted by molar-refractivity contribution is 0.0488. The van der Waals surface area contributed by atoms with Gasteiger partial charge in [0.25, 0.3) is 0 Å². The number of nitrogens with two attached hydrogens (primary N) is 1. The Labute approximate surface area is 114 Å². The molecule has 2 unspecified atom stereocenters. The molecule has 0 aliphatic carbocycles. The fourth-order valence-corrected chi connectivity index (χ4v) is 2.85. The van der Waals surface area contributed by atoms with Crippen molar-refractivity contribution in [2.45, 2.75) is 19.0 Å². The van der Waals surface area contributed by atoms with Crippen molar-refractivity contribution in [3.05, 3.63) is 22.4 Å². The van der Waals surface area contributed by atoms with E-state index in [1.165, 1.54) is 5.56 Å². The van der Waals surface area contributed by atoms with Crippen LogP contribution >= 0.6 is 11.3 Å². The fraction of sp³-hybridized carbons (Fsp3) is 0.692. The summed E-state index contributed by atoms with van der Waals surface area (Å²) in [4.78, 5) is 2.36. The highest BCUT2D eigenvalue weighted by molar-refractivity contribution is 7.07. The molecular weight excluding hydrogens is 248 g/mol. The van der Waals surface area contributed by atoms with E-state index in [0.717, 1.165) is 6.54 Å². The Morgan fingerprint density at radius 1 is 1.39 bits per heavy atom. The highest BCUT2D eigenvalue weighted by Gasteiger charge is 2.23. The summed E-state index contributed by atoms with van der Waals surface area (Å²) in [6.07, 6.45) is 0. The number of nitrogens with zero attached hydrogens (tertiary/aromatic N) is 1. The van der Waals surface area contributed by atoms with Crippen LogP contribution in [0.25, 0.3) is 0 Å². The van der Waals surface area contributed by atoms with Crippen molar-refractivity contribution < 1.29 is 9.47 Å². The molecule has 0 saturated heterocycles. The van der Waals surface area contributed by atoms with Gasteiger partial charge in [0, 0.05) is 39.4 Å². The van der Waals surface area contributed by atoms with Gasteiger partial charge in [0.2, 0.25) is 0 Å². The highest BCUT2D eigenvalue weighted by Crippen LogP contribution is 2.24. The third-order valence-electron chi connectivity index (χ3n) is 3.08. The molecule has 0 spiro atoms. The number of hydrogen-bond donors (Lipinski definition) is 1. The van der Waals surface area contributed by atoms with E-state index in [0.29, 0.717) is 25.8 Å². The largest absolute Gasteiger partial charge is 0.383 e. The first-order chi connectivity index (χ1) is 8.74. The normalized spacial score (nSPS) is 14.9. The van der Waals surface area contributed by atoms with Crippen LogP contribution in [0.1, 0.15) is 18.5 Å². The van der Waals surface area contributed by atoms with Gasteiger partial charge in [-0.1, -0.05) is 0 Å². The molecular formula is C13H24N2O2S. The fourth-order valence-electron chi connectivity index (χ4n) is 2.14. The molecule has 5 heteroatoms. The predicted molar refractivity (Wildman–Crippen MR) is 76.0 cm³/mol. The molecule has 1 aromatic rings. The summed E-state index contributed by atoms with van der Waals surface area (Å²) in [5.74, 6) is 0. The van der Waals surface area contributed by atoms with Crippen LogP contribution in [0, 0.1) is 0 Å². The van der Waals surface area contributed by atoms with Crippen LogP contribution in [0.2, 0.25) is 0 Å². The molecule has 0 saturated carbocycles. The van der Waals surface area contributed by atoms with E-state index < -0.39 is 0 Å². The topological polar surface area (TPSA) is 47.7 Å². The molecule has 2 N–H and O–H groups in total. The molecule has 0 bridgehead atoms. The summed E-state index contributed by atoms with van der Waals surface area (Å²) in [5, 5.41) is 4.25. The average Bonchev–Trinajstić information content (AvgIpc) is 2.88. The monoisotopic (exact) mass is 272 g/mol. The van der Waals surface area contributed by atoms with E-state index >= 15 is 0 Å². The molecule has 104 valence electrons. The first-order valence-electron chi connectivity index (χ1n) is 6.20. The molecule has 0 aromatic carbocycles. The van der Waals surface area contributed by atoms with E-state index in [-0.39, 0.29) is 6.04 Å². The Hall–Kier alpha value is -0.460. The zero-order valence-electron chi connectivity index (χ0n) is 11.5. The smallest absolute Gasteiger partial charge is 0.0615 e. The van der Waals surface area contributed by atoms with E-state index in [1.807, 2.05) is 0 Å². The number of hydrogen-bond acceptors (Lipinski definition) is 5. The maximum atomic E-state index is 5.95. The second-order valence-corrected chi connectivity index (χ2v) is 5.12. The SMILES string of the molecule is COCCN(C(C)COC)C(CN)c1ccsc1. The first-order valence-corrected chi connectivity index (χ1v) is 7.14. The number of rotatable bonds is 9. The maximum Gasteiger partial charge on any atom is 0.0615 e. The van der Waals surface area contributed by atoms with Crippen LogP contribution in [0.15, 0.2) is 16.8 Å². The quantitative estimate of drug-likeness (QED) is 0.744. The zero-order chi connectivity index (χ0) is 13.4. The van der Waals surface area contributed by atoms with Crippen LogP contribution in [0.5, 0.6) is 0 Å². The average molecular weight is 272 g/mol. The molecule has 4 nitrogen and oxygen atoms in total. The molecule has 0 aliphatic heterocycles.